The highest BCUT2D eigenvalue weighted by Gasteiger charge is 2.41. The average Bonchev–Trinajstić information content (AvgIpc) is 3.04. The number of aliphatic hydroxyl groups is 1. The van der Waals surface area contributed by atoms with Crippen molar-refractivity contribution >= 4 is 39.2 Å². The van der Waals surface area contributed by atoms with Crippen LogP contribution in [0.25, 0.3) is 5.57 Å². The Kier molecular flexibility index (Phi) is 6.39. The van der Waals surface area contributed by atoms with Crippen molar-refractivity contribution in [1.82, 2.24) is 4.90 Å². The molecular formula is C25H22BrNO3S. The first-order valence-corrected chi connectivity index (χ1v) is 11.8. The van der Waals surface area contributed by atoms with Crippen LogP contribution < -0.4 is 4.74 Å². The summed E-state index contributed by atoms with van der Waals surface area (Å²) in [6.07, 6.45) is 2.03. The first kappa shape index (κ1) is 21.5. The molecule has 1 aliphatic heterocycles. The summed E-state index contributed by atoms with van der Waals surface area (Å²) in [5, 5.41) is 10.9. The molecule has 1 atom stereocenters. The Morgan fingerprint density at radius 3 is 2.39 bits per heavy atom. The number of halogens is 1. The number of carbonyl (C=O) groups excluding carboxylic acids is 1. The summed E-state index contributed by atoms with van der Waals surface area (Å²) in [5.41, 5.74) is 3.33. The van der Waals surface area contributed by atoms with E-state index < -0.39 is 6.04 Å². The van der Waals surface area contributed by atoms with E-state index in [2.05, 4.69) is 15.9 Å². The standard InChI is InChI=1S/C25H22BrNO3S/c1-30-20-10-8-17(9-11-20)22-23(18-4-3-5-19(26)14-18)27(25(29)24(22)28)15-16-6-12-21(31-2)13-7-16/h3-14,23,28H,15H2,1-2H3. The highest BCUT2D eigenvalue weighted by atomic mass is 79.9. The minimum atomic E-state index is -0.404. The second-order valence-electron chi connectivity index (χ2n) is 7.23. The van der Waals surface area contributed by atoms with Crippen molar-refractivity contribution < 1.29 is 14.6 Å². The predicted molar refractivity (Wildman–Crippen MR) is 128 cm³/mol. The molecule has 4 rings (SSSR count). The lowest BCUT2D eigenvalue weighted by Gasteiger charge is -2.28. The fourth-order valence-corrected chi connectivity index (χ4v) is 4.66. The second kappa shape index (κ2) is 9.20. The van der Waals surface area contributed by atoms with E-state index in [1.807, 2.05) is 79.1 Å². The third-order valence-electron chi connectivity index (χ3n) is 5.38. The molecule has 0 fully saturated rings. The van der Waals surface area contributed by atoms with E-state index >= 15 is 0 Å². The maximum atomic E-state index is 13.2. The van der Waals surface area contributed by atoms with Gasteiger partial charge in [0.2, 0.25) is 0 Å². The van der Waals surface area contributed by atoms with Crippen molar-refractivity contribution in [3.05, 3.63) is 99.7 Å². The van der Waals surface area contributed by atoms with Crippen LogP contribution in [0, 0.1) is 0 Å². The summed E-state index contributed by atoms with van der Waals surface area (Å²) in [4.78, 5) is 16.1. The van der Waals surface area contributed by atoms with E-state index in [0.29, 0.717) is 12.1 Å². The van der Waals surface area contributed by atoms with Gasteiger partial charge in [-0.15, -0.1) is 11.8 Å². The molecule has 6 heteroatoms. The number of thioether (sulfide) groups is 1. The van der Waals surface area contributed by atoms with Gasteiger partial charge in [-0.25, -0.2) is 0 Å². The van der Waals surface area contributed by atoms with Crippen LogP contribution in [-0.4, -0.2) is 29.3 Å². The van der Waals surface area contributed by atoms with Crippen LogP contribution in [0.15, 0.2) is 87.9 Å². The zero-order chi connectivity index (χ0) is 22.0. The lowest BCUT2D eigenvalue weighted by molar-refractivity contribution is -0.130. The van der Waals surface area contributed by atoms with Crippen molar-refractivity contribution in [3.8, 4) is 5.75 Å². The smallest absolute Gasteiger partial charge is 0.290 e. The Labute approximate surface area is 194 Å². The third-order valence-corrected chi connectivity index (χ3v) is 6.62. The highest BCUT2D eigenvalue weighted by molar-refractivity contribution is 9.10. The first-order chi connectivity index (χ1) is 15.0. The van der Waals surface area contributed by atoms with Gasteiger partial charge in [-0.3, -0.25) is 4.79 Å². The largest absolute Gasteiger partial charge is 0.503 e. The summed E-state index contributed by atoms with van der Waals surface area (Å²) in [6, 6.07) is 23.0. The number of ether oxygens (including phenoxy) is 1. The molecule has 1 heterocycles. The highest BCUT2D eigenvalue weighted by Crippen LogP contribution is 2.44. The molecule has 3 aromatic carbocycles. The summed E-state index contributed by atoms with van der Waals surface area (Å²) in [5.74, 6) is 0.138. The van der Waals surface area contributed by atoms with Crippen LogP contribution in [0.2, 0.25) is 0 Å². The van der Waals surface area contributed by atoms with Crippen molar-refractivity contribution in [2.24, 2.45) is 0 Å². The van der Waals surface area contributed by atoms with Crippen LogP contribution in [-0.2, 0) is 11.3 Å². The van der Waals surface area contributed by atoms with Gasteiger partial charge in [0, 0.05) is 21.5 Å². The van der Waals surface area contributed by atoms with Gasteiger partial charge in [0.25, 0.3) is 5.91 Å². The van der Waals surface area contributed by atoms with Gasteiger partial charge in [0.15, 0.2) is 5.76 Å². The Morgan fingerprint density at radius 2 is 1.77 bits per heavy atom. The minimum absolute atomic E-state index is 0.212. The van der Waals surface area contributed by atoms with Gasteiger partial charge in [-0.1, -0.05) is 52.3 Å². The average molecular weight is 496 g/mol. The molecule has 1 aliphatic rings. The van der Waals surface area contributed by atoms with Crippen LogP contribution >= 0.6 is 27.7 Å². The van der Waals surface area contributed by atoms with Crippen LogP contribution in [0.3, 0.4) is 0 Å². The first-order valence-electron chi connectivity index (χ1n) is 9.78. The van der Waals surface area contributed by atoms with E-state index in [1.54, 1.807) is 23.8 Å². The van der Waals surface area contributed by atoms with E-state index in [-0.39, 0.29) is 11.7 Å². The van der Waals surface area contributed by atoms with Crippen LogP contribution in [0.5, 0.6) is 5.75 Å². The molecular weight excluding hydrogens is 474 g/mol. The Balaban J connectivity index is 1.77. The number of methoxy groups -OCH3 is 1. The molecule has 0 saturated heterocycles. The summed E-state index contributed by atoms with van der Waals surface area (Å²) < 4.78 is 6.18. The topological polar surface area (TPSA) is 49.8 Å². The minimum Gasteiger partial charge on any atom is -0.503 e. The number of amides is 1. The number of rotatable bonds is 6. The number of carbonyl (C=O) groups is 1. The molecule has 0 bridgehead atoms. The van der Waals surface area contributed by atoms with Gasteiger partial charge < -0.3 is 14.7 Å². The monoisotopic (exact) mass is 495 g/mol. The molecule has 0 saturated carbocycles. The lowest BCUT2D eigenvalue weighted by atomic mass is 9.93. The van der Waals surface area contributed by atoms with Crippen molar-refractivity contribution in [3.63, 3.8) is 0 Å². The predicted octanol–water partition coefficient (Wildman–Crippen LogP) is 6.23. The molecule has 0 spiro atoms. The molecule has 1 amide bonds. The molecule has 4 nitrogen and oxygen atoms in total. The Bertz CT molecular complexity index is 1130. The summed E-state index contributed by atoms with van der Waals surface area (Å²) in [6.45, 7) is 0.397. The van der Waals surface area contributed by atoms with Crippen molar-refractivity contribution in [2.75, 3.05) is 13.4 Å². The van der Waals surface area contributed by atoms with Gasteiger partial charge in [-0.05, 0) is 59.3 Å². The Hall–Kier alpha value is -2.70. The summed E-state index contributed by atoms with van der Waals surface area (Å²) >= 11 is 5.21. The SMILES string of the molecule is COc1ccc(C2=C(O)C(=O)N(Cc3ccc(SC)cc3)C2c2cccc(Br)c2)cc1. The zero-order valence-corrected chi connectivity index (χ0v) is 19.6. The molecule has 1 N–H and O–H groups in total. The number of aliphatic hydroxyl groups excluding tert-OH is 1. The van der Waals surface area contributed by atoms with Crippen molar-refractivity contribution in [2.45, 2.75) is 17.5 Å². The van der Waals surface area contributed by atoms with Crippen LogP contribution in [0.4, 0.5) is 0 Å². The Morgan fingerprint density at radius 1 is 1.06 bits per heavy atom. The van der Waals surface area contributed by atoms with Gasteiger partial charge >= 0.3 is 0 Å². The molecule has 3 aromatic rings. The van der Waals surface area contributed by atoms with Crippen molar-refractivity contribution in [1.29, 1.82) is 0 Å². The molecule has 0 aliphatic carbocycles. The third kappa shape index (κ3) is 4.36. The quantitative estimate of drug-likeness (QED) is 0.411. The lowest BCUT2D eigenvalue weighted by Crippen LogP contribution is -2.29. The van der Waals surface area contributed by atoms with Gasteiger partial charge in [-0.2, -0.15) is 0 Å². The fourth-order valence-electron chi connectivity index (χ4n) is 3.83. The summed E-state index contributed by atoms with van der Waals surface area (Å²) in [7, 11) is 1.61. The number of hydrogen-bond acceptors (Lipinski definition) is 4. The maximum Gasteiger partial charge on any atom is 0.290 e. The molecule has 158 valence electrons. The van der Waals surface area contributed by atoms with Gasteiger partial charge in [0.05, 0.1) is 13.2 Å². The van der Waals surface area contributed by atoms with E-state index in [4.69, 9.17) is 4.74 Å². The molecule has 0 aromatic heterocycles. The van der Waals surface area contributed by atoms with Gasteiger partial charge in [0.1, 0.15) is 5.75 Å². The van der Waals surface area contributed by atoms with E-state index in [1.165, 1.54) is 4.90 Å². The molecule has 0 radical (unpaired) electrons. The fraction of sp³-hybridized carbons (Fsp3) is 0.160. The van der Waals surface area contributed by atoms with E-state index in [9.17, 15) is 9.90 Å². The normalized spacial score (nSPS) is 16.2. The molecule has 1 unspecified atom stereocenters. The maximum absolute atomic E-state index is 13.2. The number of benzene rings is 3. The zero-order valence-electron chi connectivity index (χ0n) is 17.2. The second-order valence-corrected chi connectivity index (χ2v) is 9.02. The molecule has 31 heavy (non-hydrogen) atoms. The van der Waals surface area contributed by atoms with E-state index in [0.717, 1.165) is 26.9 Å². The van der Waals surface area contributed by atoms with Crippen LogP contribution in [0.1, 0.15) is 22.7 Å². The number of hydrogen-bond donors (Lipinski definition) is 1. The number of nitrogens with zero attached hydrogens (tertiary/aromatic N) is 1.